The van der Waals surface area contributed by atoms with Gasteiger partial charge < -0.3 is 5.11 Å². The highest BCUT2D eigenvalue weighted by Gasteiger charge is 2.04. The molecule has 72 valence electrons. The van der Waals surface area contributed by atoms with Crippen LogP contribution in [0.3, 0.4) is 0 Å². The van der Waals surface area contributed by atoms with Crippen LogP contribution >= 0.6 is 12.2 Å². The molecular weight excluding hydrogens is 204 g/mol. The van der Waals surface area contributed by atoms with E-state index in [1.165, 1.54) is 16.8 Å². The zero-order valence-electron chi connectivity index (χ0n) is 6.97. The summed E-state index contributed by atoms with van der Waals surface area (Å²) < 4.78 is 1.96. The highest BCUT2D eigenvalue weighted by molar-refractivity contribution is 7.71. The van der Waals surface area contributed by atoms with E-state index in [2.05, 4.69) is 15.3 Å². The van der Waals surface area contributed by atoms with E-state index >= 15 is 0 Å². The minimum absolute atomic E-state index is 0.134. The van der Waals surface area contributed by atoms with Crippen LogP contribution in [-0.2, 0) is 11.2 Å². The first kappa shape index (κ1) is 8.82. The molecule has 2 N–H and O–H groups in total. The number of carbonyl (C=O) groups is 1. The first-order valence-corrected chi connectivity index (χ1v) is 4.21. The van der Waals surface area contributed by atoms with Gasteiger partial charge in [-0.25, -0.2) is 14.7 Å². The summed E-state index contributed by atoms with van der Waals surface area (Å²) in [7, 11) is 0. The molecule has 0 saturated heterocycles. The van der Waals surface area contributed by atoms with E-state index in [0.29, 0.717) is 16.0 Å². The maximum atomic E-state index is 10.5. The summed E-state index contributed by atoms with van der Waals surface area (Å²) in [5.74, 6) is -0.931. The van der Waals surface area contributed by atoms with Crippen LogP contribution in [0.15, 0.2) is 12.3 Å². The molecule has 0 atom stereocenters. The van der Waals surface area contributed by atoms with Gasteiger partial charge in [0, 0.05) is 0 Å². The number of nitrogens with zero attached hydrogens (tertiary/aromatic N) is 3. The fourth-order valence-corrected chi connectivity index (χ4v) is 1.40. The Kier molecular flexibility index (Phi) is 2.01. The fraction of sp³-hybridized carbons (Fsp3) is 0.143. The molecule has 0 amide bonds. The summed E-state index contributed by atoms with van der Waals surface area (Å²) >= 11 is 5.01. The van der Waals surface area contributed by atoms with E-state index in [-0.39, 0.29) is 6.42 Å². The van der Waals surface area contributed by atoms with Crippen molar-refractivity contribution in [1.82, 2.24) is 19.8 Å². The largest absolute Gasteiger partial charge is 0.481 e. The van der Waals surface area contributed by atoms with Crippen molar-refractivity contribution in [3.63, 3.8) is 0 Å². The summed E-state index contributed by atoms with van der Waals surface area (Å²) in [5.41, 5.74) is 0.956. The average Bonchev–Trinajstić information content (AvgIpc) is 2.50. The van der Waals surface area contributed by atoms with Crippen molar-refractivity contribution >= 4 is 23.8 Å². The number of carboxylic acid groups (broad SMARTS) is 1. The van der Waals surface area contributed by atoms with Crippen LogP contribution in [-0.4, -0.2) is 30.9 Å². The number of H-pyrrole nitrogens is 1. The summed E-state index contributed by atoms with van der Waals surface area (Å²) in [6, 6.07) is 1.54. The third-order valence-corrected chi connectivity index (χ3v) is 1.97. The lowest BCUT2D eigenvalue weighted by Gasteiger charge is -1.97. The molecule has 0 aromatic carbocycles. The molecule has 2 aromatic heterocycles. The van der Waals surface area contributed by atoms with Gasteiger partial charge in [0.05, 0.1) is 18.3 Å². The number of rotatable bonds is 2. The van der Waals surface area contributed by atoms with Gasteiger partial charge in [-0.3, -0.25) is 4.79 Å². The minimum atomic E-state index is -0.931. The molecule has 2 rings (SSSR count). The van der Waals surface area contributed by atoms with Crippen molar-refractivity contribution in [1.29, 1.82) is 0 Å². The zero-order chi connectivity index (χ0) is 10.1. The van der Waals surface area contributed by atoms with Crippen molar-refractivity contribution in [2.75, 3.05) is 0 Å². The normalized spacial score (nSPS) is 10.6. The van der Waals surface area contributed by atoms with Gasteiger partial charge in [0.2, 0.25) is 0 Å². The van der Waals surface area contributed by atoms with E-state index in [0.717, 1.165) is 0 Å². The van der Waals surface area contributed by atoms with E-state index < -0.39 is 5.97 Å². The number of hydrogen-bond donors (Lipinski definition) is 2. The molecule has 2 aromatic rings. The Labute approximate surface area is 83.2 Å². The van der Waals surface area contributed by atoms with Crippen molar-refractivity contribution in [3.8, 4) is 0 Å². The monoisotopic (exact) mass is 210 g/mol. The topological polar surface area (TPSA) is 83.3 Å². The summed E-state index contributed by atoms with van der Waals surface area (Å²) in [4.78, 5) is 14.5. The standard InChI is InChI=1S/C7H6N4O2S/c12-7(13)2-4-1-6(14)11-5(9-4)3-8-10-11/h1,3,10H,2H2,(H,12,13). The van der Waals surface area contributed by atoms with Gasteiger partial charge in [-0.1, -0.05) is 12.2 Å². The van der Waals surface area contributed by atoms with Crippen molar-refractivity contribution in [2.45, 2.75) is 6.42 Å². The van der Waals surface area contributed by atoms with Crippen LogP contribution in [0.4, 0.5) is 0 Å². The van der Waals surface area contributed by atoms with E-state index in [1.54, 1.807) is 0 Å². The molecule has 14 heavy (non-hydrogen) atoms. The first-order chi connectivity index (χ1) is 6.66. The Morgan fingerprint density at radius 1 is 1.71 bits per heavy atom. The van der Waals surface area contributed by atoms with Gasteiger partial charge in [-0.15, -0.1) is 0 Å². The van der Waals surface area contributed by atoms with Gasteiger partial charge in [-0.05, 0) is 6.07 Å². The Bertz CT molecular complexity index is 544. The quantitative estimate of drug-likeness (QED) is 0.701. The molecule has 0 fully saturated rings. The molecule has 6 nitrogen and oxygen atoms in total. The molecule has 0 bridgehead atoms. The van der Waals surface area contributed by atoms with Crippen LogP contribution in [0.1, 0.15) is 5.69 Å². The summed E-state index contributed by atoms with van der Waals surface area (Å²) in [6.07, 6.45) is 1.35. The van der Waals surface area contributed by atoms with Gasteiger partial charge in [0.25, 0.3) is 0 Å². The molecular formula is C7H6N4O2S. The van der Waals surface area contributed by atoms with Gasteiger partial charge >= 0.3 is 5.97 Å². The van der Waals surface area contributed by atoms with Crippen LogP contribution in [0, 0.1) is 4.64 Å². The Morgan fingerprint density at radius 2 is 2.50 bits per heavy atom. The second-order valence-electron chi connectivity index (χ2n) is 2.71. The first-order valence-electron chi connectivity index (χ1n) is 3.80. The lowest BCUT2D eigenvalue weighted by atomic mass is 10.3. The van der Waals surface area contributed by atoms with Crippen molar-refractivity contribution < 1.29 is 9.90 Å². The predicted octanol–water partition coefficient (Wildman–Crippen LogP) is 0.414. The lowest BCUT2D eigenvalue weighted by molar-refractivity contribution is -0.136. The summed E-state index contributed by atoms with van der Waals surface area (Å²) in [6.45, 7) is 0. The van der Waals surface area contributed by atoms with Gasteiger partial charge in [0.1, 0.15) is 4.64 Å². The van der Waals surface area contributed by atoms with Crippen molar-refractivity contribution in [3.05, 3.63) is 22.6 Å². The minimum Gasteiger partial charge on any atom is -0.481 e. The van der Waals surface area contributed by atoms with Crippen molar-refractivity contribution in [2.24, 2.45) is 0 Å². The number of nitrogens with one attached hydrogen (secondary N) is 1. The predicted molar refractivity (Wildman–Crippen MR) is 49.5 cm³/mol. The lowest BCUT2D eigenvalue weighted by Crippen LogP contribution is -2.04. The molecule has 0 saturated carbocycles. The molecule has 0 aliphatic carbocycles. The average molecular weight is 210 g/mol. The van der Waals surface area contributed by atoms with Gasteiger partial charge in [0.15, 0.2) is 5.65 Å². The number of aliphatic carboxylic acids is 1. The van der Waals surface area contributed by atoms with Gasteiger partial charge in [-0.2, -0.15) is 5.10 Å². The smallest absolute Gasteiger partial charge is 0.309 e. The molecule has 0 aliphatic rings. The Morgan fingerprint density at radius 3 is 3.21 bits per heavy atom. The number of carboxylic acids is 1. The SMILES string of the molecule is O=C(O)Cc1cc(=S)n2[nH]ncc2n1. The maximum Gasteiger partial charge on any atom is 0.309 e. The number of hydrogen-bond acceptors (Lipinski definition) is 4. The fourth-order valence-electron chi connectivity index (χ4n) is 1.13. The third kappa shape index (κ3) is 1.49. The second kappa shape index (κ2) is 3.18. The Balaban J connectivity index is 2.58. The number of fused-ring (bicyclic) bond motifs is 1. The number of aromatic nitrogens is 4. The van der Waals surface area contributed by atoms with Crippen LogP contribution in [0.25, 0.3) is 5.65 Å². The maximum absolute atomic E-state index is 10.5. The van der Waals surface area contributed by atoms with E-state index in [4.69, 9.17) is 17.3 Å². The summed E-state index contributed by atoms with van der Waals surface area (Å²) in [5, 5.41) is 14.9. The van der Waals surface area contributed by atoms with Crippen LogP contribution < -0.4 is 0 Å². The molecule has 2 heterocycles. The highest BCUT2D eigenvalue weighted by Crippen LogP contribution is 2.02. The zero-order valence-corrected chi connectivity index (χ0v) is 7.78. The highest BCUT2D eigenvalue weighted by atomic mass is 32.1. The Hall–Kier alpha value is -1.76. The number of aromatic amines is 1. The third-order valence-electron chi connectivity index (χ3n) is 1.67. The van der Waals surface area contributed by atoms with E-state index in [9.17, 15) is 4.79 Å². The van der Waals surface area contributed by atoms with E-state index in [1.807, 2.05) is 0 Å². The second-order valence-corrected chi connectivity index (χ2v) is 3.13. The molecule has 0 unspecified atom stereocenters. The molecule has 0 radical (unpaired) electrons. The molecule has 0 spiro atoms. The van der Waals surface area contributed by atoms with Crippen LogP contribution in [0.5, 0.6) is 0 Å². The van der Waals surface area contributed by atoms with Crippen LogP contribution in [0.2, 0.25) is 0 Å². The molecule has 0 aliphatic heterocycles. The molecule has 7 heteroatoms.